The highest BCUT2D eigenvalue weighted by Gasteiger charge is 2.26. The Morgan fingerprint density at radius 2 is 2.10 bits per heavy atom. The maximum atomic E-state index is 12.1. The van der Waals surface area contributed by atoms with E-state index in [1.165, 1.54) is 12.8 Å². The van der Waals surface area contributed by atoms with Gasteiger partial charge >= 0.3 is 6.18 Å². The summed E-state index contributed by atoms with van der Waals surface area (Å²) in [6.07, 6.45) is -2.50. The topological polar surface area (TPSA) is 39.7 Å². The van der Waals surface area contributed by atoms with Gasteiger partial charge in [0.2, 0.25) is 0 Å². The first-order valence-corrected chi connectivity index (χ1v) is 7.57. The Bertz CT molecular complexity index is 331. The molecule has 2 atom stereocenters. The molecule has 0 bridgehead atoms. The number of nitrogens with one attached hydrogen (secondary N) is 2. The van der Waals surface area contributed by atoms with E-state index in [9.17, 15) is 13.2 Å². The van der Waals surface area contributed by atoms with Crippen molar-refractivity contribution in [2.45, 2.75) is 45.3 Å². The molecule has 0 aliphatic carbocycles. The minimum absolute atomic E-state index is 0.154. The number of halogens is 3. The summed E-state index contributed by atoms with van der Waals surface area (Å²) in [5.41, 5.74) is 0. The standard InChI is InChI=1S/C14H27F3N4/c1-11-5-4-8-21(10-11)12(2)9-20-13(18-3)19-7-6-14(15,16)17/h11-12H,4-10H2,1-3H3,(H2,18,19,20). The van der Waals surface area contributed by atoms with Crippen molar-refractivity contribution in [3.05, 3.63) is 0 Å². The Hall–Kier alpha value is -0.980. The molecule has 0 aromatic rings. The van der Waals surface area contributed by atoms with Crippen molar-refractivity contribution in [1.29, 1.82) is 0 Å². The molecule has 124 valence electrons. The van der Waals surface area contributed by atoms with Gasteiger partial charge in [-0.15, -0.1) is 0 Å². The summed E-state index contributed by atoms with van der Waals surface area (Å²) < 4.78 is 36.3. The van der Waals surface area contributed by atoms with Crippen LogP contribution in [0.15, 0.2) is 4.99 Å². The number of likely N-dealkylation sites (tertiary alicyclic amines) is 1. The number of aliphatic imine (C=N–C) groups is 1. The van der Waals surface area contributed by atoms with Crippen molar-refractivity contribution in [2.75, 3.05) is 33.2 Å². The highest BCUT2D eigenvalue weighted by Crippen LogP contribution is 2.18. The number of rotatable bonds is 5. The molecule has 0 saturated carbocycles. The monoisotopic (exact) mass is 308 g/mol. The molecule has 0 aromatic heterocycles. The molecule has 0 aromatic carbocycles. The van der Waals surface area contributed by atoms with Crippen LogP contribution in [0.25, 0.3) is 0 Å². The SMILES string of the molecule is CN=C(NCCC(F)(F)F)NCC(C)N1CCCC(C)C1. The van der Waals surface area contributed by atoms with Crippen LogP contribution in [0, 0.1) is 5.92 Å². The normalized spacial score (nSPS) is 23.0. The molecule has 0 amide bonds. The summed E-state index contributed by atoms with van der Waals surface area (Å²) >= 11 is 0. The zero-order valence-electron chi connectivity index (χ0n) is 13.1. The maximum Gasteiger partial charge on any atom is 0.390 e. The van der Waals surface area contributed by atoms with Gasteiger partial charge in [-0.25, -0.2) is 0 Å². The van der Waals surface area contributed by atoms with E-state index in [1.807, 2.05) is 0 Å². The van der Waals surface area contributed by atoms with Crippen LogP contribution in [0.4, 0.5) is 13.2 Å². The molecule has 1 aliphatic heterocycles. The molecule has 1 aliphatic rings. The number of piperidine rings is 1. The smallest absolute Gasteiger partial charge is 0.356 e. The highest BCUT2D eigenvalue weighted by molar-refractivity contribution is 5.79. The van der Waals surface area contributed by atoms with Crippen molar-refractivity contribution in [1.82, 2.24) is 15.5 Å². The minimum atomic E-state index is -4.14. The lowest BCUT2D eigenvalue weighted by atomic mass is 9.99. The first kappa shape index (κ1) is 18.1. The molecule has 1 rings (SSSR count). The predicted octanol–water partition coefficient (Wildman–Crippen LogP) is 2.22. The van der Waals surface area contributed by atoms with E-state index in [0.717, 1.165) is 13.1 Å². The second-order valence-corrected chi connectivity index (χ2v) is 5.84. The van der Waals surface area contributed by atoms with Gasteiger partial charge in [0, 0.05) is 32.7 Å². The van der Waals surface area contributed by atoms with E-state index >= 15 is 0 Å². The van der Waals surface area contributed by atoms with E-state index < -0.39 is 12.6 Å². The van der Waals surface area contributed by atoms with Crippen LogP contribution in [-0.2, 0) is 0 Å². The first-order valence-electron chi connectivity index (χ1n) is 7.57. The maximum absolute atomic E-state index is 12.1. The van der Waals surface area contributed by atoms with Crippen LogP contribution < -0.4 is 10.6 Å². The van der Waals surface area contributed by atoms with Crippen LogP contribution in [0.1, 0.15) is 33.1 Å². The zero-order chi connectivity index (χ0) is 15.9. The second kappa shape index (κ2) is 8.46. The average molecular weight is 308 g/mol. The second-order valence-electron chi connectivity index (χ2n) is 5.84. The number of hydrogen-bond acceptors (Lipinski definition) is 2. The summed E-state index contributed by atoms with van der Waals surface area (Å²) in [6, 6.07) is 0.342. The quantitative estimate of drug-likeness (QED) is 0.604. The summed E-state index contributed by atoms with van der Waals surface area (Å²) in [6.45, 7) is 7.09. The lowest BCUT2D eigenvalue weighted by Crippen LogP contribution is -2.48. The summed E-state index contributed by atoms with van der Waals surface area (Å²) in [5, 5.41) is 5.79. The van der Waals surface area contributed by atoms with Crippen LogP contribution in [0.2, 0.25) is 0 Å². The van der Waals surface area contributed by atoms with Crippen LogP contribution in [-0.4, -0.2) is 56.3 Å². The Morgan fingerprint density at radius 3 is 2.67 bits per heavy atom. The van der Waals surface area contributed by atoms with Crippen LogP contribution in [0.3, 0.4) is 0 Å². The van der Waals surface area contributed by atoms with E-state index in [-0.39, 0.29) is 6.54 Å². The predicted molar refractivity (Wildman–Crippen MR) is 79.5 cm³/mol. The third kappa shape index (κ3) is 7.55. The zero-order valence-corrected chi connectivity index (χ0v) is 13.1. The molecule has 0 spiro atoms. The first-order chi connectivity index (χ1) is 9.81. The largest absolute Gasteiger partial charge is 0.390 e. The summed E-state index contributed by atoms with van der Waals surface area (Å²) in [5.74, 6) is 1.14. The number of hydrogen-bond donors (Lipinski definition) is 2. The molecular formula is C14H27F3N4. The van der Waals surface area contributed by atoms with Gasteiger partial charge < -0.3 is 10.6 Å². The van der Waals surface area contributed by atoms with Crippen molar-refractivity contribution in [3.8, 4) is 0 Å². The summed E-state index contributed by atoms with van der Waals surface area (Å²) in [4.78, 5) is 6.37. The van der Waals surface area contributed by atoms with E-state index in [1.54, 1.807) is 7.05 Å². The Kier molecular flexibility index (Phi) is 7.28. The van der Waals surface area contributed by atoms with Gasteiger partial charge in [0.15, 0.2) is 5.96 Å². The fourth-order valence-corrected chi connectivity index (χ4v) is 2.54. The van der Waals surface area contributed by atoms with Crippen molar-refractivity contribution in [2.24, 2.45) is 10.9 Å². The molecule has 4 nitrogen and oxygen atoms in total. The fraction of sp³-hybridized carbons (Fsp3) is 0.929. The third-order valence-corrected chi connectivity index (χ3v) is 3.80. The third-order valence-electron chi connectivity index (χ3n) is 3.80. The fourth-order valence-electron chi connectivity index (χ4n) is 2.54. The molecule has 2 N–H and O–H groups in total. The molecule has 0 radical (unpaired) electrons. The lowest BCUT2D eigenvalue weighted by molar-refractivity contribution is -0.132. The van der Waals surface area contributed by atoms with E-state index in [0.29, 0.717) is 24.5 Å². The minimum Gasteiger partial charge on any atom is -0.356 e. The Morgan fingerprint density at radius 1 is 1.38 bits per heavy atom. The van der Waals surface area contributed by atoms with Gasteiger partial charge in [-0.1, -0.05) is 6.92 Å². The van der Waals surface area contributed by atoms with Crippen LogP contribution in [0.5, 0.6) is 0 Å². The van der Waals surface area contributed by atoms with Crippen molar-refractivity contribution >= 4 is 5.96 Å². The van der Waals surface area contributed by atoms with Gasteiger partial charge in [0.25, 0.3) is 0 Å². The molecule has 21 heavy (non-hydrogen) atoms. The van der Waals surface area contributed by atoms with E-state index in [2.05, 4.69) is 34.4 Å². The Balaban J connectivity index is 2.27. The lowest BCUT2D eigenvalue weighted by Gasteiger charge is -2.35. The molecular weight excluding hydrogens is 281 g/mol. The highest BCUT2D eigenvalue weighted by atomic mass is 19.4. The van der Waals surface area contributed by atoms with Crippen molar-refractivity contribution in [3.63, 3.8) is 0 Å². The van der Waals surface area contributed by atoms with Crippen LogP contribution >= 0.6 is 0 Å². The molecule has 1 fully saturated rings. The van der Waals surface area contributed by atoms with Crippen molar-refractivity contribution < 1.29 is 13.2 Å². The molecule has 2 unspecified atom stereocenters. The number of alkyl halides is 3. The van der Waals surface area contributed by atoms with Gasteiger partial charge in [0.1, 0.15) is 0 Å². The number of guanidine groups is 1. The van der Waals surface area contributed by atoms with E-state index in [4.69, 9.17) is 0 Å². The van der Waals surface area contributed by atoms with Gasteiger partial charge in [-0.2, -0.15) is 13.2 Å². The van der Waals surface area contributed by atoms with Gasteiger partial charge in [-0.3, -0.25) is 9.89 Å². The number of nitrogens with zero attached hydrogens (tertiary/aromatic N) is 2. The Labute approximate surface area is 125 Å². The van der Waals surface area contributed by atoms with Gasteiger partial charge in [-0.05, 0) is 32.2 Å². The van der Waals surface area contributed by atoms with Gasteiger partial charge in [0.05, 0.1) is 6.42 Å². The summed E-state index contributed by atoms with van der Waals surface area (Å²) in [7, 11) is 1.57. The average Bonchev–Trinajstić information content (AvgIpc) is 2.41. The molecule has 1 saturated heterocycles. The molecule has 1 heterocycles. The molecule has 7 heteroatoms.